The molecule has 2 aliphatic heterocycles. The second-order valence-electron chi connectivity index (χ2n) is 8.65. The molecule has 1 fully saturated rings. The topological polar surface area (TPSA) is 73.2 Å². The fourth-order valence-electron chi connectivity index (χ4n) is 4.26. The van der Waals surface area contributed by atoms with Crippen molar-refractivity contribution in [3.05, 3.63) is 71.5 Å². The number of halogens is 1. The minimum absolute atomic E-state index is 0.0862. The van der Waals surface area contributed by atoms with E-state index in [4.69, 9.17) is 5.11 Å². The van der Waals surface area contributed by atoms with Crippen LogP contribution in [0.15, 0.2) is 59.5 Å². The minimum atomic E-state index is -1.15. The summed E-state index contributed by atoms with van der Waals surface area (Å²) in [6, 6.07) is 4.89. The Hall–Kier alpha value is -3.48. The number of hydrogen-bond acceptors (Lipinski definition) is 4. The number of amides is 1. The Morgan fingerprint density at radius 3 is 2.76 bits per heavy atom. The summed E-state index contributed by atoms with van der Waals surface area (Å²) in [5.74, 6) is -1.30. The largest absolute Gasteiger partial charge is 0.478 e. The van der Waals surface area contributed by atoms with Gasteiger partial charge in [0.15, 0.2) is 0 Å². The maximum absolute atomic E-state index is 15.0. The summed E-state index contributed by atoms with van der Waals surface area (Å²) >= 11 is 0. The van der Waals surface area contributed by atoms with Crippen molar-refractivity contribution in [2.75, 3.05) is 13.6 Å². The molecule has 0 aliphatic carbocycles. The van der Waals surface area contributed by atoms with Gasteiger partial charge in [0.2, 0.25) is 0 Å². The summed E-state index contributed by atoms with van der Waals surface area (Å²) < 4.78 is 15.0. The zero-order valence-electron chi connectivity index (χ0n) is 20.1. The van der Waals surface area contributed by atoms with E-state index in [-0.39, 0.29) is 23.1 Å². The Bertz CT molecular complexity index is 1100. The summed E-state index contributed by atoms with van der Waals surface area (Å²) in [5.41, 5.74) is 2.08. The van der Waals surface area contributed by atoms with Crippen LogP contribution in [0.25, 0.3) is 11.6 Å². The van der Waals surface area contributed by atoms with Crippen LogP contribution in [0.5, 0.6) is 0 Å². The highest BCUT2D eigenvalue weighted by molar-refractivity contribution is 6.43. The number of aliphatic imine (C=N–C) groups is 1. The molecular formula is C27H32FN3O3. The Morgan fingerprint density at radius 1 is 1.29 bits per heavy atom. The molecule has 0 aromatic heterocycles. The molecule has 2 aliphatic rings. The van der Waals surface area contributed by atoms with Gasteiger partial charge in [0.05, 0.1) is 0 Å². The molecule has 1 atom stereocenters. The monoisotopic (exact) mass is 465 g/mol. The number of carboxylic acid groups (broad SMARTS) is 1. The van der Waals surface area contributed by atoms with Crippen molar-refractivity contribution < 1.29 is 19.1 Å². The number of aliphatic carboxylic acids is 1. The third-order valence-corrected chi connectivity index (χ3v) is 6.29. The molecule has 1 unspecified atom stereocenters. The number of likely N-dealkylation sites (tertiary alicyclic amines) is 1. The smallest absolute Gasteiger partial charge is 0.328 e. The first-order chi connectivity index (χ1) is 16.2. The first-order valence-corrected chi connectivity index (χ1v) is 11.7. The first kappa shape index (κ1) is 25.1. The van der Waals surface area contributed by atoms with Crippen molar-refractivity contribution in [1.82, 2.24) is 9.80 Å². The maximum Gasteiger partial charge on any atom is 0.328 e. The SMILES string of the molecule is C=C(/C=C1/N=C(C(=O)N2CCCCCC2C)C=C(CC)N1C)c1cccc(/C=C\C(=O)O)c1F. The third kappa shape index (κ3) is 5.71. The van der Waals surface area contributed by atoms with E-state index in [1.54, 1.807) is 18.2 Å². The average Bonchev–Trinajstić information content (AvgIpc) is 3.03. The lowest BCUT2D eigenvalue weighted by Crippen LogP contribution is -2.43. The first-order valence-electron chi connectivity index (χ1n) is 11.7. The predicted octanol–water partition coefficient (Wildman–Crippen LogP) is 5.25. The molecule has 180 valence electrons. The van der Waals surface area contributed by atoms with Crippen molar-refractivity contribution in [2.45, 2.75) is 52.0 Å². The van der Waals surface area contributed by atoms with E-state index in [1.807, 2.05) is 29.8 Å². The molecule has 3 rings (SSSR count). The summed E-state index contributed by atoms with van der Waals surface area (Å²) in [5, 5.41) is 8.84. The minimum Gasteiger partial charge on any atom is -0.478 e. The lowest BCUT2D eigenvalue weighted by molar-refractivity contribution is -0.131. The van der Waals surface area contributed by atoms with E-state index >= 15 is 4.39 Å². The second-order valence-corrected chi connectivity index (χ2v) is 8.65. The van der Waals surface area contributed by atoms with Crippen LogP contribution in [0.2, 0.25) is 0 Å². The number of carbonyl (C=O) groups excluding carboxylic acids is 1. The van der Waals surface area contributed by atoms with Crippen LogP contribution in [-0.4, -0.2) is 52.1 Å². The predicted molar refractivity (Wildman–Crippen MR) is 133 cm³/mol. The molecule has 6 nitrogen and oxygen atoms in total. The van der Waals surface area contributed by atoms with E-state index in [0.717, 1.165) is 44.0 Å². The van der Waals surface area contributed by atoms with E-state index in [0.29, 0.717) is 23.5 Å². The average molecular weight is 466 g/mol. The molecule has 1 N–H and O–H groups in total. The number of carbonyl (C=O) groups is 2. The fourth-order valence-corrected chi connectivity index (χ4v) is 4.26. The molecule has 7 heteroatoms. The summed E-state index contributed by atoms with van der Waals surface area (Å²) in [7, 11) is 1.86. The van der Waals surface area contributed by atoms with Crippen molar-refractivity contribution in [3.63, 3.8) is 0 Å². The van der Waals surface area contributed by atoms with Gasteiger partial charge in [0, 0.05) is 42.5 Å². The molecule has 1 saturated heterocycles. The fraction of sp³-hybridized carbons (Fsp3) is 0.370. The van der Waals surface area contributed by atoms with Crippen molar-refractivity contribution in [2.24, 2.45) is 4.99 Å². The van der Waals surface area contributed by atoms with E-state index in [2.05, 4.69) is 18.5 Å². The van der Waals surface area contributed by atoms with Crippen molar-refractivity contribution in [1.29, 1.82) is 0 Å². The van der Waals surface area contributed by atoms with Crippen LogP contribution in [0.1, 0.15) is 57.1 Å². The van der Waals surface area contributed by atoms with Crippen LogP contribution in [0.4, 0.5) is 4.39 Å². The van der Waals surface area contributed by atoms with Gasteiger partial charge in [-0.1, -0.05) is 44.5 Å². The number of allylic oxidation sites excluding steroid dienone is 3. The number of carboxylic acids is 1. The standard InChI is InChI=1S/C27H32FN3O3/c1-5-21-17-23(27(34)31-15-8-6-7-10-19(31)3)29-24(30(21)4)16-18(2)22-12-9-11-20(26(22)28)13-14-25(32)33/h9,11-14,16-17,19H,2,5-8,10,15H2,1,3-4H3,(H,32,33)/b14-13-,24-16-. The van der Waals surface area contributed by atoms with Gasteiger partial charge in [0.25, 0.3) is 5.91 Å². The van der Waals surface area contributed by atoms with Crippen LogP contribution in [0, 0.1) is 5.82 Å². The molecule has 2 heterocycles. The highest BCUT2D eigenvalue weighted by Gasteiger charge is 2.28. The molecule has 0 radical (unpaired) electrons. The van der Waals surface area contributed by atoms with Gasteiger partial charge in [-0.05, 0) is 50.0 Å². The molecule has 1 aromatic rings. The summed E-state index contributed by atoms with van der Waals surface area (Å²) in [6.45, 7) is 8.83. The molecular weight excluding hydrogens is 433 g/mol. The zero-order valence-corrected chi connectivity index (χ0v) is 20.1. The van der Waals surface area contributed by atoms with Crippen LogP contribution in [-0.2, 0) is 9.59 Å². The number of rotatable bonds is 6. The van der Waals surface area contributed by atoms with Crippen molar-refractivity contribution >= 4 is 29.2 Å². The number of benzene rings is 1. The van der Waals surface area contributed by atoms with Gasteiger partial charge in [-0.15, -0.1) is 0 Å². The lowest BCUT2D eigenvalue weighted by atomic mass is 10.0. The third-order valence-electron chi connectivity index (χ3n) is 6.29. The van der Waals surface area contributed by atoms with Crippen molar-refractivity contribution in [3.8, 4) is 0 Å². The van der Waals surface area contributed by atoms with Crippen LogP contribution < -0.4 is 0 Å². The van der Waals surface area contributed by atoms with Gasteiger partial charge >= 0.3 is 5.97 Å². The number of hydrogen-bond donors (Lipinski definition) is 1. The van der Waals surface area contributed by atoms with Gasteiger partial charge in [-0.2, -0.15) is 0 Å². The molecule has 34 heavy (non-hydrogen) atoms. The van der Waals surface area contributed by atoms with Crippen LogP contribution in [0.3, 0.4) is 0 Å². The molecule has 1 aromatic carbocycles. The molecule has 0 bridgehead atoms. The Balaban J connectivity index is 1.95. The van der Waals surface area contributed by atoms with Gasteiger partial charge in [-0.25, -0.2) is 14.2 Å². The maximum atomic E-state index is 15.0. The Morgan fingerprint density at radius 2 is 2.06 bits per heavy atom. The molecule has 1 amide bonds. The van der Waals surface area contributed by atoms with Gasteiger partial charge in [-0.3, -0.25) is 4.79 Å². The summed E-state index contributed by atoms with van der Waals surface area (Å²) in [4.78, 5) is 32.6. The number of nitrogens with zero attached hydrogens (tertiary/aromatic N) is 3. The van der Waals surface area contributed by atoms with Crippen LogP contribution >= 0.6 is 0 Å². The highest BCUT2D eigenvalue weighted by atomic mass is 19.1. The van der Waals surface area contributed by atoms with Gasteiger partial charge in [0.1, 0.15) is 17.3 Å². The Kier molecular flexibility index (Phi) is 8.21. The normalized spacial score (nSPS) is 20.2. The van der Waals surface area contributed by atoms with E-state index < -0.39 is 11.8 Å². The summed E-state index contributed by atoms with van der Waals surface area (Å²) in [6.07, 6.45) is 10.5. The molecule has 0 saturated carbocycles. The zero-order chi connectivity index (χ0) is 24.8. The second kappa shape index (κ2) is 11.1. The Labute approximate surface area is 200 Å². The van der Waals surface area contributed by atoms with Gasteiger partial charge < -0.3 is 14.9 Å². The van der Waals surface area contributed by atoms with E-state index in [9.17, 15) is 9.59 Å². The highest BCUT2D eigenvalue weighted by Crippen LogP contribution is 2.28. The molecule has 0 spiro atoms. The quantitative estimate of drug-likeness (QED) is 0.583. The van der Waals surface area contributed by atoms with E-state index in [1.165, 1.54) is 12.1 Å². The lowest BCUT2D eigenvalue weighted by Gasteiger charge is -2.31.